The summed E-state index contributed by atoms with van der Waals surface area (Å²) in [7, 11) is 0. The van der Waals surface area contributed by atoms with E-state index in [0.29, 0.717) is 6.10 Å². The summed E-state index contributed by atoms with van der Waals surface area (Å²) in [5.74, 6) is 0. The Labute approximate surface area is 152 Å². The summed E-state index contributed by atoms with van der Waals surface area (Å²) in [6.07, 6.45) is 8.37. The molecule has 0 amide bonds. The minimum Gasteiger partial charge on any atom is -0.405 e. The van der Waals surface area contributed by atoms with E-state index in [4.69, 9.17) is 10.5 Å². The van der Waals surface area contributed by atoms with Gasteiger partial charge in [-0.2, -0.15) is 0 Å². The molecule has 1 aliphatic heterocycles. The molecular formula is C19H24N4OS. The molecule has 0 spiro atoms. The number of nitrogens with two attached hydrogens (primary N) is 1. The van der Waals surface area contributed by atoms with Gasteiger partial charge in [0.2, 0.25) is 0 Å². The van der Waals surface area contributed by atoms with Crippen molar-refractivity contribution in [2.75, 3.05) is 18.0 Å². The van der Waals surface area contributed by atoms with Crippen LogP contribution >= 0.6 is 11.3 Å². The largest absolute Gasteiger partial charge is 0.405 e. The molecule has 6 heteroatoms. The third-order valence-corrected chi connectivity index (χ3v) is 4.92. The Morgan fingerprint density at radius 3 is 2.80 bits per heavy atom. The highest BCUT2D eigenvalue weighted by Gasteiger charge is 2.30. The monoisotopic (exact) mass is 356 g/mol. The van der Waals surface area contributed by atoms with E-state index in [0.717, 1.165) is 30.3 Å². The lowest BCUT2D eigenvalue weighted by Crippen LogP contribution is -2.53. The second-order valence-corrected chi connectivity index (χ2v) is 7.42. The summed E-state index contributed by atoms with van der Waals surface area (Å²) >= 11 is 1.76. The third kappa shape index (κ3) is 4.90. The summed E-state index contributed by atoms with van der Waals surface area (Å²) in [5, 5.41) is 1.09. The molecular weight excluding hydrogens is 332 g/mol. The molecule has 0 unspecified atom stereocenters. The van der Waals surface area contributed by atoms with Crippen molar-refractivity contribution in [2.45, 2.75) is 32.5 Å². The van der Waals surface area contributed by atoms with Crippen LogP contribution in [0.25, 0.3) is 0 Å². The van der Waals surface area contributed by atoms with E-state index < -0.39 is 0 Å². The molecule has 2 N–H and O–H groups in total. The molecule has 25 heavy (non-hydrogen) atoms. The predicted octanol–water partition coefficient (Wildman–Crippen LogP) is 3.52. The van der Waals surface area contributed by atoms with Crippen LogP contribution in [0.5, 0.6) is 0 Å². The molecule has 0 bridgehead atoms. The maximum Gasteiger partial charge on any atom is 0.185 e. The molecule has 1 fully saturated rings. The van der Waals surface area contributed by atoms with Crippen molar-refractivity contribution in [3.8, 4) is 0 Å². The molecule has 0 aliphatic carbocycles. The fourth-order valence-electron chi connectivity index (χ4n) is 2.67. The van der Waals surface area contributed by atoms with Crippen LogP contribution in [0.1, 0.15) is 24.3 Å². The zero-order chi connectivity index (χ0) is 17.6. The summed E-state index contributed by atoms with van der Waals surface area (Å²) in [6.45, 7) is 6.04. The van der Waals surface area contributed by atoms with Crippen molar-refractivity contribution in [1.82, 2.24) is 4.98 Å². The van der Waals surface area contributed by atoms with Crippen LogP contribution in [-0.2, 0) is 11.2 Å². The van der Waals surface area contributed by atoms with Crippen molar-refractivity contribution in [2.24, 2.45) is 10.7 Å². The van der Waals surface area contributed by atoms with Crippen molar-refractivity contribution >= 4 is 28.4 Å². The van der Waals surface area contributed by atoms with Gasteiger partial charge in [0.25, 0.3) is 0 Å². The predicted molar refractivity (Wildman–Crippen MR) is 105 cm³/mol. The first-order valence-electron chi connectivity index (χ1n) is 8.49. The Balaban J connectivity index is 1.53. The first-order chi connectivity index (χ1) is 12.1. The second-order valence-electron chi connectivity index (χ2n) is 6.33. The molecule has 0 radical (unpaired) electrons. The Hall–Kier alpha value is -2.18. The fraction of sp³-hybridized carbons (Fsp3) is 0.368. The number of nitrogens with zero attached hydrogens (tertiary/aromatic N) is 3. The van der Waals surface area contributed by atoms with Gasteiger partial charge in [0.15, 0.2) is 5.13 Å². The quantitative estimate of drug-likeness (QED) is 0.771. The number of aromatic nitrogens is 1. The number of hydrogen-bond donors (Lipinski definition) is 1. The summed E-state index contributed by atoms with van der Waals surface area (Å²) in [4.78, 5) is 12.4. The summed E-state index contributed by atoms with van der Waals surface area (Å²) < 4.78 is 5.80. The van der Waals surface area contributed by atoms with Gasteiger partial charge in [-0.25, -0.2) is 4.98 Å². The molecule has 0 saturated carbocycles. The Kier molecular flexibility index (Phi) is 5.83. The van der Waals surface area contributed by atoms with Gasteiger partial charge in [0, 0.05) is 36.8 Å². The van der Waals surface area contributed by atoms with Crippen molar-refractivity contribution < 1.29 is 4.74 Å². The van der Waals surface area contributed by atoms with Gasteiger partial charge >= 0.3 is 0 Å². The highest BCUT2D eigenvalue weighted by molar-refractivity contribution is 7.15. The van der Waals surface area contributed by atoms with E-state index >= 15 is 0 Å². The van der Waals surface area contributed by atoms with Crippen molar-refractivity contribution in [3.63, 3.8) is 0 Å². The molecule has 132 valence electrons. The maximum absolute atomic E-state index is 5.80. The standard InChI is InChI=1S/C19H24N4OS/c1-14(2)24-17-12-23(13-17)19-22-11-18(25-19)10-15-4-6-16(7-5-15)21-9-3-8-20/h3-9,11,14,17H,10,12-13,20H2,1-2H3. The first kappa shape index (κ1) is 17.6. The Morgan fingerprint density at radius 2 is 2.12 bits per heavy atom. The maximum atomic E-state index is 5.80. The van der Waals surface area contributed by atoms with Crippen molar-refractivity contribution in [1.29, 1.82) is 0 Å². The van der Waals surface area contributed by atoms with Crippen LogP contribution in [0.2, 0.25) is 0 Å². The molecule has 0 atom stereocenters. The first-order valence-corrected chi connectivity index (χ1v) is 9.30. The molecule has 2 heterocycles. The van der Waals surface area contributed by atoms with E-state index in [9.17, 15) is 0 Å². The number of aliphatic imine (C=N–C) groups is 1. The smallest absolute Gasteiger partial charge is 0.185 e. The summed E-state index contributed by atoms with van der Waals surface area (Å²) in [6, 6.07) is 8.24. The van der Waals surface area contributed by atoms with Gasteiger partial charge in [-0.05, 0) is 43.8 Å². The second kappa shape index (κ2) is 8.27. The van der Waals surface area contributed by atoms with Gasteiger partial charge < -0.3 is 15.4 Å². The van der Waals surface area contributed by atoms with E-state index in [1.165, 1.54) is 16.6 Å². The third-order valence-electron chi connectivity index (χ3n) is 3.86. The molecule has 3 rings (SSSR count). The molecule has 1 aromatic carbocycles. The normalized spacial score (nSPS) is 15.6. The molecule has 1 aromatic heterocycles. The van der Waals surface area contributed by atoms with Crippen LogP contribution in [-0.4, -0.2) is 36.5 Å². The highest BCUT2D eigenvalue weighted by Crippen LogP contribution is 2.29. The van der Waals surface area contributed by atoms with E-state index in [2.05, 4.69) is 40.9 Å². The number of benzene rings is 1. The zero-order valence-electron chi connectivity index (χ0n) is 14.6. The zero-order valence-corrected chi connectivity index (χ0v) is 15.4. The Morgan fingerprint density at radius 1 is 1.36 bits per heavy atom. The average molecular weight is 356 g/mol. The lowest BCUT2D eigenvalue weighted by Gasteiger charge is -2.39. The van der Waals surface area contributed by atoms with E-state index in [1.54, 1.807) is 23.6 Å². The number of thiazole rings is 1. The van der Waals surface area contributed by atoms with Crippen molar-refractivity contribution in [3.05, 3.63) is 53.2 Å². The topological polar surface area (TPSA) is 63.7 Å². The van der Waals surface area contributed by atoms with Gasteiger partial charge in [-0.1, -0.05) is 12.1 Å². The molecule has 1 saturated heterocycles. The Bertz CT molecular complexity index is 730. The van der Waals surface area contributed by atoms with Gasteiger partial charge in [-0.3, -0.25) is 4.99 Å². The highest BCUT2D eigenvalue weighted by atomic mass is 32.1. The minimum atomic E-state index is 0.289. The van der Waals surface area contributed by atoms with E-state index in [-0.39, 0.29) is 6.10 Å². The van der Waals surface area contributed by atoms with Crippen LogP contribution in [0.4, 0.5) is 10.8 Å². The number of anilines is 1. The number of allylic oxidation sites excluding steroid dienone is 1. The minimum absolute atomic E-state index is 0.289. The number of rotatable bonds is 7. The fourth-order valence-corrected chi connectivity index (χ4v) is 3.63. The number of ether oxygens (including phenoxy) is 1. The lowest BCUT2D eigenvalue weighted by molar-refractivity contribution is -0.00719. The van der Waals surface area contributed by atoms with E-state index in [1.807, 2.05) is 18.3 Å². The van der Waals surface area contributed by atoms with Crippen LogP contribution in [0.15, 0.2) is 47.7 Å². The van der Waals surface area contributed by atoms with Gasteiger partial charge in [0.1, 0.15) is 0 Å². The number of hydrogen-bond acceptors (Lipinski definition) is 6. The lowest BCUT2D eigenvalue weighted by atomic mass is 10.1. The van der Waals surface area contributed by atoms with Gasteiger partial charge in [-0.15, -0.1) is 11.3 Å². The van der Waals surface area contributed by atoms with Gasteiger partial charge in [0.05, 0.1) is 17.9 Å². The van der Waals surface area contributed by atoms with Crippen LogP contribution in [0, 0.1) is 0 Å². The molecule has 1 aliphatic rings. The molecule has 5 nitrogen and oxygen atoms in total. The SMILES string of the molecule is CC(C)OC1CN(c2ncc(Cc3ccc(N=CC=CN)cc3)s2)C1. The molecule has 2 aromatic rings. The van der Waals surface area contributed by atoms with Crippen LogP contribution in [0.3, 0.4) is 0 Å². The summed E-state index contributed by atoms with van der Waals surface area (Å²) in [5.41, 5.74) is 7.46. The van der Waals surface area contributed by atoms with Crippen LogP contribution < -0.4 is 10.6 Å². The average Bonchev–Trinajstić information content (AvgIpc) is 3.00.